The normalized spacial score (nSPS) is 11.3. The molecule has 18 nitrogen and oxygen atoms in total. The monoisotopic (exact) mass is 749 g/mol. The molecule has 258 valence electrons. The van der Waals surface area contributed by atoms with E-state index in [4.69, 9.17) is 60.7 Å². The first-order chi connectivity index (χ1) is 21.5. The zero-order valence-corrected chi connectivity index (χ0v) is 27.4. The number of alkyl halides is 3. The number of nitrogens with zero attached hydrogens (tertiary/aromatic N) is 7. The Kier molecular flexibility index (Phi) is 15.0. The van der Waals surface area contributed by atoms with Crippen LogP contribution >= 0.6 is 42.4 Å². The highest BCUT2D eigenvalue weighted by Gasteiger charge is 2.33. The van der Waals surface area contributed by atoms with Crippen molar-refractivity contribution in [2.45, 2.75) is 32.5 Å². The molecule has 0 spiro atoms. The van der Waals surface area contributed by atoms with E-state index in [0.717, 1.165) is 10.9 Å². The van der Waals surface area contributed by atoms with Crippen molar-refractivity contribution in [3.63, 3.8) is 0 Å². The highest BCUT2D eigenvalue weighted by Crippen LogP contribution is 2.39. The molecule has 3 aromatic rings. The number of benzene rings is 1. The second-order valence-corrected chi connectivity index (χ2v) is 12.0. The van der Waals surface area contributed by atoms with Gasteiger partial charge in [0.25, 0.3) is 0 Å². The van der Waals surface area contributed by atoms with Gasteiger partial charge in [-0.3, -0.25) is 24.8 Å². The number of nitrogens with two attached hydrogens (primary N) is 1. The Labute approximate surface area is 278 Å². The van der Waals surface area contributed by atoms with E-state index < -0.39 is 60.1 Å². The summed E-state index contributed by atoms with van der Waals surface area (Å²) in [6, 6.07) is 3.35. The Hall–Kier alpha value is -4.03. The van der Waals surface area contributed by atoms with Gasteiger partial charge in [-0.2, -0.15) is 38.5 Å². The van der Waals surface area contributed by atoms with Gasteiger partial charge in [0, 0.05) is 6.54 Å². The molecule has 0 bridgehead atoms. The van der Waals surface area contributed by atoms with Crippen molar-refractivity contribution < 1.29 is 42.3 Å². The lowest BCUT2D eigenvalue weighted by Crippen LogP contribution is -2.29. The SMILES string of the molecule is CCNc1nc(Cl)nc(NC(C)(C)C#N)n1.Nc1c([N+](=O)[O-])cnn1-c1c(Cl)cc(C(F)(F)F)cc1Cl.O=C(O)CNCP(=O)(O)O. The minimum Gasteiger partial charge on any atom is -0.480 e. The zero-order chi connectivity index (χ0) is 36.3. The van der Waals surface area contributed by atoms with Crippen LogP contribution < -0.4 is 21.7 Å². The van der Waals surface area contributed by atoms with Crippen molar-refractivity contribution in [1.29, 1.82) is 5.26 Å². The van der Waals surface area contributed by atoms with E-state index in [-0.39, 0.29) is 27.0 Å². The summed E-state index contributed by atoms with van der Waals surface area (Å²) in [7, 11) is -4.10. The Morgan fingerprint density at radius 3 is 2.15 bits per heavy atom. The number of nitro groups is 1. The molecule has 8 N–H and O–H groups in total. The molecular weight excluding hydrogens is 725 g/mol. The van der Waals surface area contributed by atoms with E-state index in [1.165, 1.54) is 0 Å². The fourth-order valence-electron chi connectivity index (χ4n) is 2.86. The van der Waals surface area contributed by atoms with Crippen molar-refractivity contribution in [3.05, 3.63) is 49.3 Å². The van der Waals surface area contributed by atoms with Crippen LogP contribution in [0.15, 0.2) is 18.3 Å². The minimum absolute atomic E-state index is 0.0854. The molecule has 1 aromatic carbocycles. The number of carbonyl (C=O) groups is 1. The van der Waals surface area contributed by atoms with Crippen LogP contribution in [-0.2, 0) is 15.5 Å². The highest BCUT2D eigenvalue weighted by atomic mass is 35.5. The van der Waals surface area contributed by atoms with Gasteiger partial charge < -0.3 is 31.3 Å². The van der Waals surface area contributed by atoms with Crippen LogP contribution in [0.3, 0.4) is 0 Å². The van der Waals surface area contributed by atoms with Gasteiger partial charge in [-0.15, -0.1) is 0 Å². The van der Waals surface area contributed by atoms with Crippen LogP contribution in [0.25, 0.3) is 5.69 Å². The molecular formula is C22H26Cl3F3N11O7P. The third-order valence-electron chi connectivity index (χ3n) is 4.78. The van der Waals surface area contributed by atoms with Gasteiger partial charge in [0.05, 0.1) is 39.4 Å². The maximum absolute atomic E-state index is 12.6. The summed E-state index contributed by atoms with van der Waals surface area (Å²) in [5.74, 6) is -0.877. The Bertz CT molecular complexity index is 1640. The number of anilines is 3. The molecule has 0 aliphatic carbocycles. The number of rotatable bonds is 10. The van der Waals surface area contributed by atoms with Crippen molar-refractivity contribution in [2.75, 3.05) is 35.7 Å². The van der Waals surface area contributed by atoms with Gasteiger partial charge in [0.15, 0.2) is 0 Å². The molecule has 0 fully saturated rings. The number of carboxylic acid groups (broad SMARTS) is 1. The van der Waals surface area contributed by atoms with Crippen LogP contribution in [-0.4, -0.2) is 75.4 Å². The van der Waals surface area contributed by atoms with Gasteiger partial charge in [-0.1, -0.05) is 23.2 Å². The van der Waals surface area contributed by atoms with Crippen molar-refractivity contribution in [3.8, 4) is 11.8 Å². The van der Waals surface area contributed by atoms with Crippen molar-refractivity contribution in [2.24, 2.45) is 0 Å². The van der Waals surface area contributed by atoms with Gasteiger partial charge in [0.2, 0.25) is 23.0 Å². The Balaban J connectivity index is 0.000000377. The third kappa shape index (κ3) is 14.1. The predicted octanol–water partition coefficient (Wildman–Crippen LogP) is 4.15. The van der Waals surface area contributed by atoms with Crippen LogP contribution in [0, 0.1) is 21.4 Å². The van der Waals surface area contributed by atoms with E-state index >= 15 is 0 Å². The van der Waals surface area contributed by atoms with Crippen molar-refractivity contribution >= 4 is 71.8 Å². The van der Waals surface area contributed by atoms with E-state index in [0.29, 0.717) is 24.6 Å². The molecule has 0 atom stereocenters. The second-order valence-electron chi connectivity index (χ2n) is 9.16. The Morgan fingerprint density at radius 2 is 1.72 bits per heavy atom. The Morgan fingerprint density at radius 1 is 1.17 bits per heavy atom. The lowest BCUT2D eigenvalue weighted by molar-refractivity contribution is -0.383. The van der Waals surface area contributed by atoms with E-state index in [9.17, 15) is 32.6 Å². The second kappa shape index (κ2) is 17.2. The summed E-state index contributed by atoms with van der Waals surface area (Å²) in [5, 5.41) is 38.3. The van der Waals surface area contributed by atoms with Gasteiger partial charge in [-0.05, 0) is 44.5 Å². The molecule has 0 radical (unpaired) electrons. The summed E-state index contributed by atoms with van der Waals surface area (Å²) in [4.78, 5) is 47.9. The topological polar surface area (TPSA) is 280 Å². The van der Waals surface area contributed by atoms with Crippen LogP contribution in [0.5, 0.6) is 0 Å². The summed E-state index contributed by atoms with van der Waals surface area (Å²) in [5.41, 5.74) is 3.03. The predicted molar refractivity (Wildman–Crippen MR) is 165 cm³/mol. The lowest BCUT2D eigenvalue weighted by atomic mass is 10.1. The van der Waals surface area contributed by atoms with Crippen molar-refractivity contribution in [1.82, 2.24) is 30.0 Å². The zero-order valence-electron chi connectivity index (χ0n) is 24.3. The smallest absolute Gasteiger partial charge is 0.416 e. The number of nitrogen functional groups attached to an aromatic ring is 1. The standard InChI is InChI=1S/C10H5Cl2F3N4O2.C9H13ClN6.C3H8NO5P/c11-5-1-4(10(13,14)15)2-6(12)8(5)18-9(16)7(3-17-18)19(20)21;1-4-12-7-13-6(10)14-8(15-7)16-9(2,3)5-11;5-3(6)1-4-2-10(7,8)9/h1-3H,16H2;4H2,1-3H3,(H2,12,13,14,15,16);4H,1-2H2,(H,5,6)(H2,7,8,9). The quantitative estimate of drug-likeness (QED) is 0.0870. The molecule has 0 unspecified atom stereocenters. The first kappa shape index (κ1) is 41.0. The van der Waals surface area contributed by atoms with Gasteiger partial charge in [0.1, 0.15) is 17.4 Å². The molecule has 2 heterocycles. The first-order valence-corrected chi connectivity index (χ1v) is 15.3. The fraction of sp³-hybridized carbons (Fsp3) is 0.364. The molecule has 0 saturated heterocycles. The highest BCUT2D eigenvalue weighted by molar-refractivity contribution is 7.51. The molecule has 0 aliphatic heterocycles. The number of hydrogen-bond donors (Lipinski definition) is 7. The average molecular weight is 751 g/mol. The van der Waals surface area contributed by atoms with Crippen LogP contribution in [0.4, 0.5) is 36.6 Å². The molecule has 0 aliphatic rings. The van der Waals surface area contributed by atoms with Crippen LogP contribution in [0.2, 0.25) is 15.3 Å². The van der Waals surface area contributed by atoms with Gasteiger partial charge >= 0.3 is 25.4 Å². The first-order valence-electron chi connectivity index (χ1n) is 12.4. The number of nitrogens with one attached hydrogen (secondary N) is 3. The number of carboxylic acids is 1. The summed E-state index contributed by atoms with van der Waals surface area (Å²) < 4.78 is 48.7. The maximum Gasteiger partial charge on any atom is 0.416 e. The molecule has 47 heavy (non-hydrogen) atoms. The van der Waals surface area contributed by atoms with E-state index in [1.54, 1.807) is 13.8 Å². The largest absolute Gasteiger partial charge is 0.480 e. The molecule has 0 amide bonds. The lowest BCUT2D eigenvalue weighted by Gasteiger charge is -2.17. The van der Waals surface area contributed by atoms with Gasteiger partial charge in [-0.25, -0.2) is 4.68 Å². The average Bonchev–Trinajstić information content (AvgIpc) is 3.28. The summed E-state index contributed by atoms with van der Waals surface area (Å²) >= 11 is 17.3. The molecule has 0 saturated carbocycles. The fourth-order valence-corrected chi connectivity index (χ4v) is 4.07. The third-order valence-corrected chi connectivity index (χ3v) is 6.16. The summed E-state index contributed by atoms with van der Waals surface area (Å²) in [6.07, 6.45) is -4.38. The maximum atomic E-state index is 12.6. The minimum atomic E-state index is -4.63. The number of halogens is 6. The number of aliphatic carboxylic acids is 1. The molecule has 2 aromatic heterocycles. The number of aromatic nitrogens is 5. The summed E-state index contributed by atoms with van der Waals surface area (Å²) in [6.45, 7) is 5.60. The van der Waals surface area contributed by atoms with E-state index in [2.05, 4.69) is 42.1 Å². The number of hydrogen-bond acceptors (Lipinski definition) is 13. The molecule has 25 heteroatoms. The van der Waals surface area contributed by atoms with E-state index in [1.807, 2.05) is 6.92 Å². The molecule has 3 rings (SSSR count). The van der Waals surface area contributed by atoms with Crippen LogP contribution in [0.1, 0.15) is 26.3 Å². The number of nitriles is 1.